The Balaban J connectivity index is 2.05. The van der Waals surface area contributed by atoms with Gasteiger partial charge in [-0.2, -0.15) is 5.26 Å². The molecule has 1 heterocycles. The first-order chi connectivity index (χ1) is 7.79. The summed E-state index contributed by atoms with van der Waals surface area (Å²) >= 11 is 0. The summed E-state index contributed by atoms with van der Waals surface area (Å²) in [5.41, 5.74) is 0.418. The van der Waals surface area contributed by atoms with Crippen molar-refractivity contribution in [3.8, 4) is 11.9 Å². The number of nitriles is 1. The Morgan fingerprint density at radius 2 is 2.19 bits per heavy atom. The molecule has 0 N–H and O–H groups in total. The van der Waals surface area contributed by atoms with E-state index in [1.807, 2.05) is 18.2 Å². The molecule has 1 saturated carbocycles. The predicted molar refractivity (Wildman–Crippen MR) is 61.0 cm³/mol. The van der Waals surface area contributed by atoms with E-state index in [0.29, 0.717) is 17.5 Å². The van der Waals surface area contributed by atoms with E-state index < -0.39 is 0 Å². The number of ether oxygens (including phenoxy) is 1. The number of aromatic nitrogens is 1. The van der Waals surface area contributed by atoms with Gasteiger partial charge in [-0.1, -0.05) is 19.4 Å². The Kier molecular flexibility index (Phi) is 3.40. The van der Waals surface area contributed by atoms with Crippen LogP contribution in [0.4, 0.5) is 0 Å². The molecule has 1 fully saturated rings. The Morgan fingerprint density at radius 1 is 1.38 bits per heavy atom. The van der Waals surface area contributed by atoms with Crippen LogP contribution in [0.3, 0.4) is 0 Å². The lowest BCUT2D eigenvalue weighted by molar-refractivity contribution is 0.0975. The van der Waals surface area contributed by atoms with E-state index in [1.165, 1.54) is 19.3 Å². The van der Waals surface area contributed by atoms with Gasteiger partial charge in [-0.25, -0.2) is 4.98 Å². The van der Waals surface area contributed by atoms with Gasteiger partial charge in [-0.3, -0.25) is 0 Å². The predicted octanol–water partition coefficient (Wildman–Crippen LogP) is 2.91. The third-order valence-corrected chi connectivity index (χ3v) is 3.14. The summed E-state index contributed by atoms with van der Waals surface area (Å²) in [6.45, 7) is 2.22. The van der Waals surface area contributed by atoms with Crippen LogP contribution in [0, 0.1) is 17.2 Å². The molecule has 0 saturated heterocycles. The van der Waals surface area contributed by atoms with E-state index in [-0.39, 0.29) is 6.10 Å². The van der Waals surface area contributed by atoms with Crippen LogP contribution in [0.25, 0.3) is 0 Å². The van der Waals surface area contributed by atoms with Gasteiger partial charge in [0.05, 0.1) is 0 Å². The second kappa shape index (κ2) is 4.98. The average molecular weight is 216 g/mol. The maximum Gasteiger partial charge on any atom is 0.214 e. The fraction of sp³-hybridized carbons (Fsp3) is 0.538. The first-order valence-electron chi connectivity index (χ1n) is 5.83. The van der Waals surface area contributed by atoms with E-state index in [4.69, 9.17) is 10.00 Å². The Hall–Kier alpha value is -1.56. The van der Waals surface area contributed by atoms with E-state index in [9.17, 15) is 0 Å². The smallest absolute Gasteiger partial charge is 0.214 e. The van der Waals surface area contributed by atoms with Crippen molar-refractivity contribution in [3.05, 3.63) is 23.9 Å². The molecule has 2 rings (SSSR count). The van der Waals surface area contributed by atoms with Crippen LogP contribution < -0.4 is 4.74 Å². The topological polar surface area (TPSA) is 45.9 Å². The zero-order valence-corrected chi connectivity index (χ0v) is 9.52. The van der Waals surface area contributed by atoms with Crippen LogP contribution in [-0.2, 0) is 0 Å². The van der Waals surface area contributed by atoms with Crippen molar-refractivity contribution in [2.45, 2.75) is 38.7 Å². The molecule has 0 bridgehead atoms. The van der Waals surface area contributed by atoms with Crippen molar-refractivity contribution in [1.82, 2.24) is 4.98 Å². The summed E-state index contributed by atoms with van der Waals surface area (Å²) in [4.78, 5) is 4.14. The summed E-state index contributed by atoms with van der Waals surface area (Å²) in [6.07, 6.45) is 5.11. The molecule has 0 aliphatic heterocycles. The van der Waals surface area contributed by atoms with Crippen molar-refractivity contribution in [1.29, 1.82) is 5.26 Å². The summed E-state index contributed by atoms with van der Waals surface area (Å²) in [6, 6.07) is 7.35. The second-order valence-electron chi connectivity index (χ2n) is 4.39. The third-order valence-electron chi connectivity index (χ3n) is 3.14. The molecule has 0 aromatic carbocycles. The standard InChI is InChI=1S/C13H16N2O/c1-10-5-2-3-7-12(10)16-13-8-4-6-11(9-14)15-13/h4,6,8,10,12H,2-3,5,7H2,1H3. The lowest BCUT2D eigenvalue weighted by atomic mass is 9.88. The fourth-order valence-corrected chi connectivity index (χ4v) is 2.16. The molecule has 0 spiro atoms. The molecular formula is C13H16N2O. The normalized spacial score (nSPS) is 24.8. The van der Waals surface area contributed by atoms with E-state index in [0.717, 1.165) is 6.42 Å². The number of rotatable bonds is 2. The van der Waals surface area contributed by atoms with Crippen LogP contribution in [-0.4, -0.2) is 11.1 Å². The highest BCUT2D eigenvalue weighted by molar-refractivity contribution is 5.24. The monoisotopic (exact) mass is 216 g/mol. The van der Waals surface area contributed by atoms with Crippen LogP contribution in [0.2, 0.25) is 0 Å². The van der Waals surface area contributed by atoms with E-state index in [1.54, 1.807) is 6.07 Å². The molecule has 3 nitrogen and oxygen atoms in total. The molecule has 1 aliphatic carbocycles. The van der Waals surface area contributed by atoms with Gasteiger partial charge in [0.2, 0.25) is 5.88 Å². The highest BCUT2D eigenvalue weighted by atomic mass is 16.5. The zero-order valence-electron chi connectivity index (χ0n) is 9.52. The van der Waals surface area contributed by atoms with Gasteiger partial charge in [0.15, 0.2) is 0 Å². The van der Waals surface area contributed by atoms with E-state index >= 15 is 0 Å². The van der Waals surface area contributed by atoms with E-state index in [2.05, 4.69) is 11.9 Å². The van der Waals surface area contributed by atoms with Gasteiger partial charge in [-0.15, -0.1) is 0 Å². The SMILES string of the molecule is CC1CCCCC1Oc1cccc(C#N)n1. The number of hydrogen-bond donors (Lipinski definition) is 0. The number of hydrogen-bond acceptors (Lipinski definition) is 3. The van der Waals surface area contributed by atoms with Gasteiger partial charge in [0.25, 0.3) is 0 Å². The summed E-state index contributed by atoms with van der Waals surface area (Å²) < 4.78 is 5.85. The lowest BCUT2D eigenvalue weighted by Crippen LogP contribution is -2.28. The van der Waals surface area contributed by atoms with Crippen molar-refractivity contribution in [2.24, 2.45) is 5.92 Å². The zero-order chi connectivity index (χ0) is 11.4. The van der Waals surface area contributed by atoms with Gasteiger partial charge in [0, 0.05) is 6.07 Å². The quantitative estimate of drug-likeness (QED) is 0.763. The minimum atomic E-state index is 0.259. The molecule has 1 aromatic rings. The second-order valence-corrected chi connectivity index (χ2v) is 4.39. The highest BCUT2D eigenvalue weighted by Crippen LogP contribution is 2.27. The molecule has 0 radical (unpaired) electrons. The molecular weight excluding hydrogens is 200 g/mol. The molecule has 16 heavy (non-hydrogen) atoms. The van der Waals surface area contributed by atoms with Crippen molar-refractivity contribution >= 4 is 0 Å². The van der Waals surface area contributed by atoms with Crippen LogP contribution in [0.1, 0.15) is 38.3 Å². The van der Waals surface area contributed by atoms with Crippen LogP contribution in [0.15, 0.2) is 18.2 Å². The minimum absolute atomic E-state index is 0.259. The molecule has 2 unspecified atom stereocenters. The maximum atomic E-state index is 8.75. The van der Waals surface area contributed by atoms with Gasteiger partial charge in [0.1, 0.15) is 17.9 Å². The van der Waals surface area contributed by atoms with Crippen molar-refractivity contribution in [3.63, 3.8) is 0 Å². The van der Waals surface area contributed by atoms with Crippen LogP contribution in [0.5, 0.6) is 5.88 Å². The first kappa shape index (κ1) is 10.9. The Bertz CT molecular complexity index is 397. The van der Waals surface area contributed by atoms with Crippen LogP contribution >= 0.6 is 0 Å². The highest BCUT2D eigenvalue weighted by Gasteiger charge is 2.23. The van der Waals surface area contributed by atoms with Gasteiger partial charge >= 0.3 is 0 Å². The molecule has 3 heteroatoms. The summed E-state index contributed by atoms with van der Waals surface area (Å²) in [5.74, 6) is 1.17. The molecule has 84 valence electrons. The molecule has 0 amide bonds. The molecule has 1 aliphatic rings. The lowest BCUT2D eigenvalue weighted by Gasteiger charge is -2.28. The fourth-order valence-electron chi connectivity index (χ4n) is 2.16. The van der Waals surface area contributed by atoms with Gasteiger partial charge in [-0.05, 0) is 31.2 Å². The third kappa shape index (κ3) is 2.52. The Morgan fingerprint density at radius 3 is 2.94 bits per heavy atom. The average Bonchev–Trinajstić information content (AvgIpc) is 2.32. The molecule has 1 aromatic heterocycles. The van der Waals surface area contributed by atoms with Crippen molar-refractivity contribution < 1.29 is 4.74 Å². The number of nitrogens with zero attached hydrogens (tertiary/aromatic N) is 2. The number of pyridine rings is 1. The largest absolute Gasteiger partial charge is 0.474 e. The summed E-state index contributed by atoms with van der Waals surface area (Å²) in [5, 5.41) is 8.75. The molecule has 2 atom stereocenters. The Labute approximate surface area is 96.1 Å². The summed E-state index contributed by atoms with van der Waals surface area (Å²) in [7, 11) is 0. The van der Waals surface area contributed by atoms with Gasteiger partial charge < -0.3 is 4.74 Å². The first-order valence-corrected chi connectivity index (χ1v) is 5.83. The maximum absolute atomic E-state index is 8.75. The van der Waals surface area contributed by atoms with Crippen molar-refractivity contribution in [2.75, 3.05) is 0 Å². The minimum Gasteiger partial charge on any atom is -0.474 e.